The van der Waals surface area contributed by atoms with Crippen molar-refractivity contribution in [2.24, 2.45) is 0 Å². The molecular weight excluding hydrogens is 192 g/mol. The van der Waals surface area contributed by atoms with E-state index in [0.29, 0.717) is 6.54 Å². The number of pyridine rings is 1. The Morgan fingerprint density at radius 3 is 2.87 bits per heavy atom. The highest BCUT2D eigenvalue weighted by Gasteiger charge is 2.25. The summed E-state index contributed by atoms with van der Waals surface area (Å²) in [6.45, 7) is 3.93. The number of hydrogen-bond donors (Lipinski definition) is 2. The second kappa shape index (κ2) is 4.89. The second-order valence-corrected chi connectivity index (χ2v) is 3.97. The maximum atomic E-state index is 10.8. The van der Waals surface area contributed by atoms with E-state index in [9.17, 15) is 4.79 Å². The first kappa shape index (κ1) is 11.7. The van der Waals surface area contributed by atoms with Crippen LogP contribution in [0.4, 0.5) is 0 Å². The molecule has 0 amide bonds. The predicted octanol–water partition coefficient (Wildman–Crippen LogP) is 1.08. The Morgan fingerprint density at radius 2 is 2.33 bits per heavy atom. The molecule has 0 unspecified atom stereocenters. The molecule has 0 bridgehead atoms. The van der Waals surface area contributed by atoms with Crippen LogP contribution in [0, 0.1) is 0 Å². The average Bonchev–Trinajstić information content (AvgIpc) is 2.19. The van der Waals surface area contributed by atoms with Crippen LogP contribution in [0.25, 0.3) is 0 Å². The summed E-state index contributed by atoms with van der Waals surface area (Å²) < 4.78 is 0. The zero-order valence-corrected chi connectivity index (χ0v) is 9.03. The fourth-order valence-electron chi connectivity index (χ4n) is 1.14. The van der Waals surface area contributed by atoms with Crippen molar-refractivity contribution >= 4 is 5.97 Å². The van der Waals surface area contributed by atoms with Gasteiger partial charge in [-0.05, 0) is 31.9 Å². The lowest BCUT2D eigenvalue weighted by Crippen LogP contribution is -2.47. The Balaban J connectivity index is 2.37. The minimum atomic E-state index is -0.873. The molecule has 0 atom stereocenters. The van der Waals surface area contributed by atoms with Gasteiger partial charge in [0.15, 0.2) is 0 Å². The Kier molecular flexibility index (Phi) is 3.80. The molecular formula is C11H16N2O2. The Bertz CT molecular complexity index is 323. The Hall–Kier alpha value is -1.42. The maximum Gasteiger partial charge on any atom is 0.323 e. The van der Waals surface area contributed by atoms with Crippen LogP contribution in [-0.4, -0.2) is 28.1 Å². The number of nitrogens with one attached hydrogen (secondary N) is 1. The third-order valence-corrected chi connectivity index (χ3v) is 2.24. The average molecular weight is 208 g/mol. The smallest absolute Gasteiger partial charge is 0.323 e. The van der Waals surface area contributed by atoms with E-state index in [1.165, 1.54) is 0 Å². The van der Waals surface area contributed by atoms with Gasteiger partial charge in [-0.1, -0.05) is 6.07 Å². The van der Waals surface area contributed by atoms with Crippen LogP contribution in [0.15, 0.2) is 24.5 Å². The summed E-state index contributed by atoms with van der Waals surface area (Å²) >= 11 is 0. The molecule has 0 saturated carbocycles. The van der Waals surface area contributed by atoms with Gasteiger partial charge >= 0.3 is 5.97 Å². The van der Waals surface area contributed by atoms with E-state index >= 15 is 0 Å². The number of carboxylic acids is 1. The van der Waals surface area contributed by atoms with E-state index in [0.717, 1.165) is 12.0 Å². The number of rotatable bonds is 5. The molecule has 0 aromatic carbocycles. The molecule has 0 spiro atoms. The van der Waals surface area contributed by atoms with Crippen molar-refractivity contribution in [3.63, 3.8) is 0 Å². The van der Waals surface area contributed by atoms with E-state index in [1.54, 1.807) is 26.2 Å². The minimum Gasteiger partial charge on any atom is -0.480 e. The van der Waals surface area contributed by atoms with Gasteiger partial charge in [-0.2, -0.15) is 0 Å². The standard InChI is InChI=1S/C11H16N2O2/c1-11(2,10(14)15)13-7-5-9-4-3-6-12-8-9/h3-4,6,8,13H,5,7H2,1-2H3,(H,14,15). The Labute approximate surface area is 89.3 Å². The lowest BCUT2D eigenvalue weighted by Gasteiger charge is -2.20. The van der Waals surface area contributed by atoms with Crippen LogP contribution in [0.5, 0.6) is 0 Å². The minimum absolute atomic E-state index is 0.630. The predicted molar refractivity (Wildman–Crippen MR) is 57.7 cm³/mol. The van der Waals surface area contributed by atoms with Crippen molar-refractivity contribution in [3.8, 4) is 0 Å². The molecule has 82 valence electrons. The molecule has 4 nitrogen and oxygen atoms in total. The number of hydrogen-bond acceptors (Lipinski definition) is 3. The molecule has 2 N–H and O–H groups in total. The van der Waals surface area contributed by atoms with Gasteiger partial charge in [0.1, 0.15) is 5.54 Å². The van der Waals surface area contributed by atoms with Crippen LogP contribution in [0.3, 0.4) is 0 Å². The first-order valence-corrected chi connectivity index (χ1v) is 4.90. The highest BCUT2D eigenvalue weighted by Crippen LogP contribution is 2.02. The molecule has 4 heteroatoms. The van der Waals surface area contributed by atoms with Crippen LogP contribution >= 0.6 is 0 Å². The fraction of sp³-hybridized carbons (Fsp3) is 0.455. The highest BCUT2D eigenvalue weighted by molar-refractivity contribution is 5.77. The first-order valence-electron chi connectivity index (χ1n) is 4.90. The monoisotopic (exact) mass is 208 g/mol. The fourth-order valence-corrected chi connectivity index (χ4v) is 1.14. The topological polar surface area (TPSA) is 62.2 Å². The molecule has 1 rings (SSSR count). The summed E-state index contributed by atoms with van der Waals surface area (Å²) in [7, 11) is 0. The summed E-state index contributed by atoms with van der Waals surface area (Å²) in [6.07, 6.45) is 4.29. The van der Waals surface area contributed by atoms with E-state index in [4.69, 9.17) is 5.11 Å². The van der Waals surface area contributed by atoms with Gasteiger partial charge in [-0.25, -0.2) is 0 Å². The highest BCUT2D eigenvalue weighted by atomic mass is 16.4. The zero-order valence-electron chi connectivity index (χ0n) is 9.03. The molecule has 0 aliphatic carbocycles. The molecule has 0 fully saturated rings. The summed E-state index contributed by atoms with van der Waals surface area (Å²) in [5.74, 6) is -0.839. The molecule has 0 aliphatic heterocycles. The van der Waals surface area contributed by atoms with E-state index < -0.39 is 11.5 Å². The van der Waals surface area contributed by atoms with E-state index in [2.05, 4.69) is 10.3 Å². The van der Waals surface area contributed by atoms with E-state index in [1.807, 2.05) is 12.1 Å². The van der Waals surface area contributed by atoms with Crippen molar-refractivity contribution in [1.82, 2.24) is 10.3 Å². The molecule has 1 heterocycles. The van der Waals surface area contributed by atoms with Crippen LogP contribution in [0.2, 0.25) is 0 Å². The third kappa shape index (κ3) is 3.67. The van der Waals surface area contributed by atoms with Crippen molar-refractivity contribution < 1.29 is 9.90 Å². The van der Waals surface area contributed by atoms with Crippen molar-refractivity contribution in [2.75, 3.05) is 6.54 Å². The lowest BCUT2D eigenvalue weighted by atomic mass is 10.1. The Morgan fingerprint density at radius 1 is 1.60 bits per heavy atom. The summed E-state index contributed by atoms with van der Waals surface area (Å²) in [4.78, 5) is 14.8. The molecule has 1 aromatic rings. The van der Waals surface area contributed by atoms with Gasteiger partial charge in [0.25, 0.3) is 0 Å². The van der Waals surface area contributed by atoms with Crippen molar-refractivity contribution in [3.05, 3.63) is 30.1 Å². The van der Waals surface area contributed by atoms with Crippen LogP contribution < -0.4 is 5.32 Å². The number of carbonyl (C=O) groups is 1. The first-order chi connectivity index (χ1) is 7.02. The van der Waals surface area contributed by atoms with Gasteiger partial charge in [-0.15, -0.1) is 0 Å². The van der Waals surface area contributed by atoms with E-state index in [-0.39, 0.29) is 0 Å². The normalized spacial score (nSPS) is 11.3. The van der Waals surface area contributed by atoms with Gasteiger partial charge in [-0.3, -0.25) is 9.78 Å². The van der Waals surface area contributed by atoms with Gasteiger partial charge in [0.2, 0.25) is 0 Å². The summed E-state index contributed by atoms with van der Waals surface area (Å²) in [5, 5.41) is 11.8. The molecule has 0 aliphatic rings. The van der Waals surface area contributed by atoms with Crippen LogP contribution in [0.1, 0.15) is 19.4 Å². The van der Waals surface area contributed by atoms with Crippen molar-refractivity contribution in [1.29, 1.82) is 0 Å². The quantitative estimate of drug-likeness (QED) is 0.760. The molecule has 15 heavy (non-hydrogen) atoms. The molecule has 1 aromatic heterocycles. The largest absolute Gasteiger partial charge is 0.480 e. The third-order valence-electron chi connectivity index (χ3n) is 2.24. The van der Waals surface area contributed by atoms with Gasteiger partial charge < -0.3 is 10.4 Å². The number of aromatic nitrogens is 1. The second-order valence-electron chi connectivity index (χ2n) is 3.97. The number of carboxylic acid groups (broad SMARTS) is 1. The lowest BCUT2D eigenvalue weighted by molar-refractivity contribution is -0.143. The molecule has 0 radical (unpaired) electrons. The number of nitrogens with zero attached hydrogens (tertiary/aromatic N) is 1. The maximum absolute atomic E-state index is 10.8. The van der Waals surface area contributed by atoms with Crippen molar-refractivity contribution in [2.45, 2.75) is 25.8 Å². The van der Waals surface area contributed by atoms with Gasteiger partial charge in [0.05, 0.1) is 0 Å². The summed E-state index contributed by atoms with van der Waals surface area (Å²) in [6, 6.07) is 3.85. The SMILES string of the molecule is CC(C)(NCCc1cccnc1)C(=O)O. The molecule has 0 saturated heterocycles. The summed E-state index contributed by atoms with van der Waals surface area (Å²) in [5.41, 5.74) is 0.230. The van der Waals surface area contributed by atoms with Gasteiger partial charge in [0, 0.05) is 18.9 Å². The zero-order chi connectivity index (χ0) is 11.3. The number of aliphatic carboxylic acids is 1. The van der Waals surface area contributed by atoms with Crippen LogP contribution in [-0.2, 0) is 11.2 Å².